The lowest BCUT2D eigenvalue weighted by molar-refractivity contribution is -0.385. The zero-order valence-corrected chi connectivity index (χ0v) is 14.3. The van der Waals surface area contributed by atoms with Crippen molar-refractivity contribution in [3.05, 3.63) is 78.9 Å². The summed E-state index contributed by atoms with van der Waals surface area (Å²) in [5, 5.41) is 47.1. The van der Waals surface area contributed by atoms with Gasteiger partial charge in [0, 0.05) is 30.1 Å². The molecule has 0 amide bonds. The molecular formula is C16H17ClN2O7. The Morgan fingerprint density at radius 2 is 1.00 bits per heavy atom. The van der Waals surface area contributed by atoms with E-state index in [-0.39, 0.29) is 37.1 Å². The van der Waals surface area contributed by atoms with Gasteiger partial charge in [0.15, 0.2) is 0 Å². The maximum absolute atomic E-state index is 10.4. The van der Waals surface area contributed by atoms with Crippen LogP contribution in [0.3, 0.4) is 0 Å². The van der Waals surface area contributed by atoms with Crippen molar-refractivity contribution in [2.75, 3.05) is 0 Å². The van der Waals surface area contributed by atoms with Crippen molar-refractivity contribution in [3.8, 4) is 0 Å². The summed E-state index contributed by atoms with van der Waals surface area (Å²) in [5.74, 6) is 0.203. The van der Waals surface area contributed by atoms with E-state index < -0.39 is 9.85 Å². The number of alkyl halides is 1. The number of nitro groups is 2. The highest BCUT2D eigenvalue weighted by atomic mass is 35.5. The van der Waals surface area contributed by atoms with Crippen LogP contribution < -0.4 is 0 Å². The van der Waals surface area contributed by atoms with Gasteiger partial charge < -0.3 is 15.3 Å². The SMILES string of the molecule is O=[N+]([O-])c1cc(CO)cc(CCl)c1.O=[N+]([O-])c1cc(CO)cc(CO)c1. The Balaban J connectivity index is 0.000000260. The van der Waals surface area contributed by atoms with Crippen LogP contribution in [0.1, 0.15) is 22.3 Å². The van der Waals surface area contributed by atoms with Crippen LogP contribution in [0.4, 0.5) is 11.4 Å². The second-order valence-electron chi connectivity index (χ2n) is 5.14. The third kappa shape index (κ3) is 6.37. The maximum atomic E-state index is 10.4. The molecule has 0 unspecified atom stereocenters. The van der Waals surface area contributed by atoms with Gasteiger partial charge in [0.1, 0.15) is 0 Å². The molecule has 0 saturated heterocycles. The van der Waals surface area contributed by atoms with E-state index in [0.29, 0.717) is 22.3 Å². The van der Waals surface area contributed by atoms with Gasteiger partial charge in [0.25, 0.3) is 11.4 Å². The van der Waals surface area contributed by atoms with Crippen molar-refractivity contribution in [1.82, 2.24) is 0 Å². The summed E-state index contributed by atoms with van der Waals surface area (Å²) in [5.41, 5.74) is 1.85. The zero-order valence-electron chi connectivity index (χ0n) is 13.5. The summed E-state index contributed by atoms with van der Waals surface area (Å²) in [4.78, 5) is 19.7. The van der Waals surface area contributed by atoms with Crippen LogP contribution >= 0.6 is 11.6 Å². The van der Waals surface area contributed by atoms with Crippen molar-refractivity contribution in [3.63, 3.8) is 0 Å². The van der Waals surface area contributed by atoms with Crippen LogP contribution in [0.25, 0.3) is 0 Å². The largest absolute Gasteiger partial charge is 0.392 e. The second kappa shape index (κ2) is 10.4. The van der Waals surface area contributed by atoms with E-state index in [2.05, 4.69) is 0 Å². The smallest absolute Gasteiger partial charge is 0.270 e. The van der Waals surface area contributed by atoms with Crippen LogP contribution in [0.15, 0.2) is 36.4 Å². The lowest BCUT2D eigenvalue weighted by Gasteiger charge is -2.00. The number of non-ortho nitro benzene ring substituents is 2. The van der Waals surface area contributed by atoms with Gasteiger partial charge in [0.05, 0.1) is 29.7 Å². The normalized spacial score (nSPS) is 10.0. The number of aliphatic hydroxyl groups excluding tert-OH is 3. The quantitative estimate of drug-likeness (QED) is 0.393. The molecule has 0 bridgehead atoms. The number of nitrogens with zero attached hydrogens (tertiary/aromatic N) is 2. The summed E-state index contributed by atoms with van der Waals surface area (Å²) < 4.78 is 0. The van der Waals surface area contributed by atoms with Crippen molar-refractivity contribution in [2.24, 2.45) is 0 Å². The van der Waals surface area contributed by atoms with Crippen LogP contribution in [0, 0.1) is 20.2 Å². The first kappa shape index (κ1) is 21.5. The van der Waals surface area contributed by atoms with Gasteiger partial charge in [-0.15, -0.1) is 11.6 Å². The minimum atomic E-state index is -0.557. The first-order valence-corrected chi connectivity index (χ1v) is 7.81. The molecule has 9 nitrogen and oxygen atoms in total. The van der Waals surface area contributed by atoms with Gasteiger partial charge in [-0.05, 0) is 22.3 Å². The van der Waals surface area contributed by atoms with Gasteiger partial charge in [-0.3, -0.25) is 20.2 Å². The molecule has 0 heterocycles. The number of nitro benzene ring substituents is 2. The molecule has 26 heavy (non-hydrogen) atoms. The summed E-state index contributed by atoms with van der Waals surface area (Å²) in [7, 11) is 0. The Kier molecular flexibility index (Phi) is 8.59. The molecule has 0 spiro atoms. The van der Waals surface area contributed by atoms with E-state index in [1.165, 1.54) is 30.3 Å². The van der Waals surface area contributed by atoms with E-state index in [1.54, 1.807) is 6.07 Å². The highest BCUT2D eigenvalue weighted by Crippen LogP contribution is 2.19. The summed E-state index contributed by atoms with van der Waals surface area (Å²) in [6.45, 7) is -0.755. The van der Waals surface area contributed by atoms with Gasteiger partial charge in [-0.25, -0.2) is 0 Å². The van der Waals surface area contributed by atoms with Gasteiger partial charge in [-0.1, -0.05) is 12.1 Å². The molecule has 0 atom stereocenters. The Bertz CT molecular complexity index is 673. The summed E-state index contributed by atoms with van der Waals surface area (Å²) in [6, 6.07) is 8.44. The van der Waals surface area contributed by atoms with Crippen LogP contribution in [-0.2, 0) is 25.7 Å². The number of halogens is 1. The molecule has 0 aliphatic rings. The van der Waals surface area contributed by atoms with E-state index in [1.807, 2.05) is 0 Å². The van der Waals surface area contributed by atoms with Crippen molar-refractivity contribution >= 4 is 23.0 Å². The third-order valence-electron chi connectivity index (χ3n) is 3.20. The lowest BCUT2D eigenvalue weighted by atomic mass is 10.1. The monoisotopic (exact) mass is 384 g/mol. The van der Waals surface area contributed by atoms with E-state index in [0.717, 1.165) is 0 Å². The topological polar surface area (TPSA) is 147 Å². The molecule has 2 aromatic carbocycles. The molecule has 0 fully saturated rings. The number of hydrogen-bond donors (Lipinski definition) is 3. The molecule has 2 aromatic rings. The molecule has 2 rings (SSSR count). The fourth-order valence-corrected chi connectivity index (χ4v) is 2.20. The van der Waals surface area contributed by atoms with Crippen molar-refractivity contribution in [1.29, 1.82) is 0 Å². The highest BCUT2D eigenvalue weighted by molar-refractivity contribution is 6.17. The van der Waals surface area contributed by atoms with E-state index >= 15 is 0 Å². The zero-order chi connectivity index (χ0) is 19.7. The summed E-state index contributed by atoms with van der Waals surface area (Å²) in [6.07, 6.45) is 0. The average molecular weight is 385 g/mol. The van der Waals surface area contributed by atoms with Gasteiger partial charge in [0.2, 0.25) is 0 Å². The maximum Gasteiger partial charge on any atom is 0.270 e. The third-order valence-corrected chi connectivity index (χ3v) is 3.51. The number of benzene rings is 2. The first-order valence-electron chi connectivity index (χ1n) is 7.27. The molecular weight excluding hydrogens is 368 g/mol. The molecule has 0 aliphatic carbocycles. The standard InChI is InChI=1S/C8H8ClNO3.C8H9NO4/c9-4-6-1-7(5-11)3-8(2-6)10(12)13;10-4-6-1-7(5-11)3-8(2-6)9(12)13/h1-3,11H,4-5H2;1-3,10-11H,4-5H2. The Morgan fingerprint density at radius 1 is 0.692 bits per heavy atom. The molecule has 140 valence electrons. The molecule has 0 saturated carbocycles. The molecule has 0 aromatic heterocycles. The Labute approximate surface area is 153 Å². The molecule has 10 heteroatoms. The second-order valence-corrected chi connectivity index (χ2v) is 5.40. The number of rotatable bonds is 6. The minimum Gasteiger partial charge on any atom is -0.392 e. The Morgan fingerprint density at radius 3 is 1.27 bits per heavy atom. The van der Waals surface area contributed by atoms with Crippen molar-refractivity contribution in [2.45, 2.75) is 25.7 Å². The fourth-order valence-electron chi connectivity index (χ4n) is 2.05. The molecule has 0 radical (unpaired) electrons. The lowest BCUT2D eigenvalue weighted by Crippen LogP contribution is -1.94. The molecule has 3 N–H and O–H groups in total. The highest BCUT2D eigenvalue weighted by Gasteiger charge is 2.09. The Hall–Kier alpha value is -2.59. The van der Waals surface area contributed by atoms with Crippen LogP contribution in [0.5, 0.6) is 0 Å². The average Bonchev–Trinajstić information content (AvgIpc) is 2.67. The van der Waals surface area contributed by atoms with Crippen molar-refractivity contribution < 1.29 is 25.2 Å². The predicted octanol–water partition coefficient (Wildman–Crippen LogP) is 2.41. The first-order chi connectivity index (χ1) is 12.3. The number of hydrogen-bond acceptors (Lipinski definition) is 7. The minimum absolute atomic E-state index is 0.0396. The van der Waals surface area contributed by atoms with Gasteiger partial charge >= 0.3 is 0 Å². The van der Waals surface area contributed by atoms with E-state index in [4.69, 9.17) is 26.9 Å². The number of aliphatic hydroxyl groups is 3. The summed E-state index contributed by atoms with van der Waals surface area (Å²) >= 11 is 5.53. The fraction of sp³-hybridized carbons (Fsp3) is 0.250. The predicted molar refractivity (Wildman–Crippen MR) is 93.5 cm³/mol. The van der Waals surface area contributed by atoms with Crippen LogP contribution in [-0.4, -0.2) is 25.2 Å². The van der Waals surface area contributed by atoms with Crippen LogP contribution in [0.2, 0.25) is 0 Å². The molecule has 0 aliphatic heterocycles. The van der Waals surface area contributed by atoms with E-state index in [9.17, 15) is 20.2 Å². The van der Waals surface area contributed by atoms with Gasteiger partial charge in [-0.2, -0.15) is 0 Å².